The summed E-state index contributed by atoms with van der Waals surface area (Å²) in [6, 6.07) is 14.5. The average Bonchev–Trinajstić information content (AvgIpc) is 2.60. The number of benzene rings is 2. The standard InChI is InChI=1S/C19H20N4O2/c1-13-11-22-18(19(25)23(13)12-17(20)24)21-9-8-14-6-7-15-4-2-3-5-16(15)10-14/h2-7,10-11H,8-9,12H2,1H3,(H2,20,24)(H,21,22). The molecule has 0 unspecified atom stereocenters. The maximum Gasteiger partial charge on any atom is 0.293 e. The second-order valence-electron chi connectivity index (χ2n) is 5.96. The Morgan fingerprint density at radius 2 is 1.96 bits per heavy atom. The Morgan fingerprint density at radius 1 is 1.20 bits per heavy atom. The van der Waals surface area contributed by atoms with Crippen LogP contribution in [0.1, 0.15) is 11.3 Å². The van der Waals surface area contributed by atoms with Gasteiger partial charge in [0.2, 0.25) is 5.91 Å². The van der Waals surface area contributed by atoms with Crippen LogP contribution in [0.15, 0.2) is 53.5 Å². The molecule has 3 rings (SSSR count). The number of rotatable bonds is 6. The average molecular weight is 336 g/mol. The highest BCUT2D eigenvalue weighted by Gasteiger charge is 2.09. The molecule has 0 atom stereocenters. The predicted octanol–water partition coefficient (Wildman–Crippen LogP) is 1.84. The highest BCUT2D eigenvalue weighted by atomic mass is 16.2. The lowest BCUT2D eigenvalue weighted by Crippen LogP contribution is -2.32. The van der Waals surface area contributed by atoms with E-state index in [0.717, 1.165) is 6.42 Å². The van der Waals surface area contributed by atoms with Crippen molar-refractivity contribution >= 4 is 22.5 Å². The number of hydrogen-bond acceptors (Lipinski definition) is 4. The molecule has 25 heavy (non-hydrogen) atoms. The molecule has 0 saturated carbocycles. The van der Waals surface area contributed by atoms with E-state index in [4.69, 9.17) is 5.73 Å². The highest BCUT2D eigenvalue weighted by molar-refractivity contribution is 5.83. The van der Waals surface area contributed by atoms with E-state index in [1.54, 1.807) is 13.1 Å². The Kier molecular flexibility index (Phi) is 4.79. The Hall–Kier alpha value is -3.15. The summed E-state index contributed by atoms with van der Waals surface area (Å²) in [5, 5.41) is 5.45. The van der Waals surface area contributed by atoms with E-state index in [2.05, 4.69) is 40.6 Å². The molecule has 0 radical (unpaired) electrons. The van der Waals surface area contributed by atoms with Crippen molar-refractivity contribution in [1.82, 2.24) is 9.55 Å². The molecule has 0 spiro atoms. The summed E-state index contributed by atoms with van der Waals surface area (Å²) >= 11 is 0. The molecule has 128 valence electrons. The van der Waals surface area contributed by atoms with Gasteiger partial charge in [-0.1, -0.05) is 42.5 Å². The molecule has 1 amide bonds. The van der Waals surface area contributed by atoms with E-state index in [0.29, 0.717) is 12.2 Å². The number of hydrogen-bond donors (Lipinski definition) is 2. The number of anilines is 1. The minimum absolute atomic E-state index is 0.146. The van der Waals surface area contributed by atoms with Crippen LogP contribution in [0.2, 0.25) is 0 Å². The molecule has 0 saturated heterocycles. The normalized spacial score (nSPS) is 10.8. The van der Waals surface area contributed by atoms with Gasteiger partial charge < -0.3 is 11.1 Å². The maximum absolute atomic E-state index is 12.4. The maximum atomic E-state index is 12.4. The lowest BCUT2D eigenvalue weighted by atomic mass is 10.1. The predicted molar refractivity (Wildman–Crippen MR) is 98.6 cm³/mol. The molecule has 3 N–H and O–H groups in total. The Labute approximate surface area is 145 Å². The molecule has 0 bridgehead atoms. The number of amides is 1. The Balaban J connectivity index is 1.71. The largest absolute Gasteiger partial charge is 0.368 e. The number of aromatic nitrogens is 2. The van der Waals surface area contributed by atoms with Crippen molar-refractivity contribution in [2.45, 2.75) is 19.9 Å². The number of nitrogens with zero attached hydrogens (tertiary/aromatic N) is 2. The molecule has 0 aliphatic heterocycles. The summed E-state index contributed by atoms with van der Waals surface area (Å²) in [4.78, 5) is 27.6. The fourth-order valence-electron chi connectivity index (χ4n) is 2.76. The van der Waals surface area contributed by atoms with Crippen molar-refractivity contribution in [3.63, 3.8) is 0 Å². The van der Waals surface area contributed by atoms with Crippen molar-refractivity contribution in [3.8, 4) is 0 Å². The van der Waals surface area contributed by atoms with Gasteiger partial charge in [0, 0.05) is 18.4 Å². The molecule has 6 nitrogen and oxygen atoms in total. The van der Waals surface area contributed by atoms with Gasteiger partial charge in [-0.25, -0.2) is 4.98 Å². The van der Waals surface area contributed by atoms with Crippen molar-refractivity contribution in [2.75, 3.05) is 11.9 Å². The van der Waals surface area contributed by atoms with Gasteiger partial charge in [-0.05, 0) is 29.7 Å². The number of primary amides is 1. The van der Waals surface area contributed by atoms with Crippen LogP contribution in [0.3, 0.4) is 0 Å². The smallest absolute Gasteiger partial charge is 0.293 e. The molecule has 0 aliphatic rings. The van der Waals surface area contributed by atoms with Gasteiger partial charge in [0.05, 0.1) is 0 Å². The third kappa shape index (κ3) is 3.85. The van der Waals surface area contributed by atoms with Crippen LogP contribution < -0.4 is 16.6 Å². The first-order valence-electron chi connectivity index (χ1n) is 8.11. The molecule has 0 aliphatic carbocycles. The van der Waals surface area contributed by atoms with Gasteiger partial charge >= 0.3 is 0 Å². The zero-order valence-corrected chi connectivity index (χ0v) is 14.0. The zero-order valence-electron chi connectivity index (χ0n) is 14.0. The van der Waals surface area contributed by atoms with Crippen LogP contribution >= 0.6 is 0 Å². The summed E-state index contributed by atoms with van der Waals surface area (Å²) in [5.41, 5.74) is 6.64. The van der Waals surface area contributed by atoms with Gasteiger partial charge in [0.1, 0.15) is 6.54 Å². The van der Waals surface area contributed by atoms with Crippen LogP contribution in [0, 0.1) is 6.92 Å². The topological polar surface area (TPSA) is 90.0 Å². The first-order valence-corrected chi connectivity index (χ1v) is 8.11. The van der Waals surface area contributed by atoms with E-state index in [9.17, 15) is 9.59 Å². The lowest BCUT2D eigenvalue weighted by Gasteiger charge is -2.11. The van der Waals surface area contributed by atoms with E-state index < -0.39 is 5.91 Å². The number of nitrogens with two attached hydrogens (primary N) is 1. The van der Waals surface area contributed by atoms with Gasteiger partial charge in [0.25, 0.3) is 5.56 Å². The quantitative estimate of drug-likeness (QED) is 0.719. The van der Waals surface area contributed by atoms with Crippen molar-refractivity contribution in [2.24, 2.45) is 5.73 Å². The van der Waals surface area contributed by atoms with Crippen LogP contribution in [-0.4, -0.2) is 22.0 Å². The van der Waals surface area contributed by atoms with Gasteiger partial charge in [-0.2, -0.15) is 0 Å². The third-order valence-electron chi connectivity index (χ3n) is 4.09. The van der Waals surface area contributed by atoms with Crippen LogP contribution in [-0.2, 0) is 17.8 Å². The van der Waals surface area contributed by atoms with Gasteiger partial charge in [0.15, 0.2) is 5.82 Å². The number of fused-ring (bicyclic) bond motifs is 1. The molecule has 1 aromatic heterocycles. The minimum Gasteiger partial charge on any atom is -0.368 e. The Bertz CT molecular complexity index is 979. The summed E-state index contributed by atoms with van der Waals surface area (Å²) in [5.74, 6) is -0.328. The summed E-state index contributed by atoms with van der Waals surface area (Å²) in [7, 11) is 0. The first kappa shape index (κ1) is 16.7. The molecule has 3 aromatic rings. The van der Waals surface area contributed by atoms with E-state index >= 15 is 0 Å². The first-order chi connectivity index (χ1) is 12.0. The van der Waals surface area contributed by atoms with E-state index in [-0.39, 0.29) is 17.9 Å². The fourth-order valence-corrected chi connectivity index (χ4v) is 2.76. The second kappa shape index (κ2) is 7.17. The molecule has 0 fully saturated rings. The monoisotopic (exact) mass is 336 g/mol. The van der Waals surface area contributed by atoms with Crippen LogP contribution in [0.4, 0.5) is 5.82 Å². The second-order valence-corrected chi connectivity index (χ2v) is 5.96. The molecular formula is C19H20N4O2. The van der Waals surface area contributed by atoms with Gasteiger partial charge in [-0.3, -0.25) is 14.2 Å². The number of nitrogens with one attached hydrogen (secondary N) is 1. The van der Waals surface area contributed by atoms with Crippen molar-refractivity contribution in [1.29, 1.82) is 0 Å². The van der Waals surface area contributed by atoms with Crippen molar-refractivity contribution < 1.29 is 4.79 Å². The zero-order chi connectivity index (χ0) is 17.8. The number of aryl methyl sites for hydroxylation is 1. The number of carbonyl (C=O) groups excluding carboxylic acids is 1. The van der Waals surface area contributed by atoms with Gasteiger partial charge in [-0.15, -0.1) is 0 Å². The highest BCUT2D eigenvalue weighted by Crippen LogP contribution is 2.15. The minimum atomic E-state index is -0.557. The lowest BCUT2D eigenvalue weighted by molar-refractivity contribution is -0.118. The van der Waals surface area contributed by atoms with E-state index in [1.807, 2.05) is 12.1 Å². The number of carbonyl (C=O) groups is 1. The van der Waals surface area contributed by atoms with Crippen molar-refractivity contribution in [3.05, 3.63) is 70.3 Å². The Morgan fingerprint density at radius 3 is 2.72 bits per heavy atom. The molecule has 6 heteroatoms. The summed E-state index contributed by atoms with van der Waals surface area (Å²) in [6.45, 7) is 2.14. The van der Waals surface area contributed by atoms with Crippen LogP contribution in [0.25, 0.3) is 10.8 Å². The third-order valence-corrected chi connectivity index (χ3v) is 4.09. The molecule has 1 heterocycles. The van der Waals surface area contributed by atoms with E-state index in [1.165, 1.54) is 20.9 Å². The molecular weight excluding hydrogens is 316 g/mol. The fraction of sp³-hybridized carbons (Fsp3) is 0.211. The van der Waals surface area contributed by atoms with Crippen LogP contribution in [0.5, 0.6) is 0 Å². The summed E-state index contributed by atoms with van der Waals surface area (Å²) < 4.78 is 1.33. The SMILES string of the molecule is Cc1cnc(NCCc2ccc3ccccc3c2)c(=O)n1CC(N)=O. The summed E-state index contributed by atoms with van der Waals surface area (Å²) in [6.07, 6.45) is 2.32. The molecule has 2 aromatic carbocycles.